The van der Waals surface area contributed by atoms with E-state index in [0.717, 1.165) is 0 Å². The standard InChI is InChI=1S/C16H16N6O3/c23-14(12-4-1-11-25-12)20-6-3-7-21(10-9-20)15(24)13-18-16-17-5-2-8-22(16)19-13/h1-2,4-5,8,11H,3,6-7,9-10H2. The predicted molar refractivity (Wildman–Crippen MR) is 85.9 cm³/mol. The average molecular weight is 340 g/mol. The van der Waals surface area contributed by atoms with Gasteiger partial charge in [-0.25, -0.2) is 9.50 Å². The van der Waals surface area contributed by atoms with Crippen molar-refractivity contribution < 1.29 is 14.0 Å². The molecule has 0 radical (unpaired) electrons. The smallest absolute Gasteiger partial charge is 0.293 e. The van der Waals surface area contributed by atoms with Crippen LogP contribution in [0, 0.1) is 0 Å². The first-order chi connectivity index (χ1) is 12.2. The number of furan rings is 1. The van der Waals surface area contributed by atoms with Crippen molar-refractivity contribution in [3.8, 4) is 0 Å². The second-order valence-electron chi connectivity index (χ2n) is 5.71. The average Bonchev–Trinajstić information content (AvgIpc) is 3.25. The minimum Gasteiger partial charge on any atom is -0.459 e. The first-order valence-electron chi connectivity index (χ1n) is 8.02. The summed E-state index contributed by atoms with van der Waals surface area (Å²) >= 11 is 0. The Morgan fingerprint density at radius 2 is 1.84 bits per heavy atom. The highest BCUT2D eigenvalue weighted by Crippen LogP contribution is 2.11. The zero-order chi connectivity index (χ0) is 17.2. The topological polar surface area (TPSA) is 96.8 Å². The van der Waals surface area contributed by atoms with Crippen molar-refractivity contribution in [3.63, 3.8) is 0 Å². The van der Waals surface area contributed by atoms with Crippen LogP contribution in [-0.2, 0) is 0 Å². The van der Waals surface area contributed by atoms with Gasteiger partial charge < -0.3 is 14.2 Å². The fraction of sp³-hybridized carbons (Fsp3) is 0.312. The highest BCUT2D eigenvalue weighted by molar-refractivity contribution is 5.92. The maximum absolute atomic E-state index is 12.7. The molecule has 3 aromatic heterocycles. The van der Waals surface area contributed by atoms with Gasteiger partial charge in [0.15, 0.2) is 5.76 Å². The molecule has 4 rings (SSSR count). The van der Waals surface area contributed by atoms with Crippen molar-refractivity contribution in [2.45, 2.75) is 6.42 Å². The fourth-order valence-corrected chi connectivity index (χ4v) is 2.84. The normalized spacial score (nSPS) is 15.4. The number of hydrogen-bond donors (Lipinski definition) is 0. The molecule has 0 saturated carbocycles. The Bertz CT molecular complexity index is 871. The first kappa shape index (κ1) is 15.3. The molecule has 9 nitrogen and oxygen atoms in total. The molecule has 9 heteroatoms. The van der Waals surface area contributed by atoms with E-state index in [0.29, 0.717) is 44.1 Å². The van der Waals surface area contributed by atoms with Gasteiger partial charge >= 0.3 is 0 Å². The molecule has 4 heterocycles. The maximum atomic E-state index is 12.7. The fourth-order valence-electron chi connectivity index (χ4n) is 2.84. The van der Waals surface area contributed by atoms with Crippen molar-refractivity contribution in [1.82, 2.24) is 29.4 Å². The molecular weight excluding hydrogens is 324 g/mol. The summed E-state index contributed by atoms with van der Waals surface area (Å²) < 4.78 is 6.64. The molecule has 25 heavy (non-hydrogen) atoms. The van der Waals surface area contributed by atoms with Crippen LogP contribution >= 0.6 is 0 Å². The van der Waals surface area contributed by atoms with Gasteiger partial charge in [-0.3, -0.25) is 9.59 Å². The quantitative estimate of drug-likeness (QED) is 0.681. The number of carbonyl (C=O) groups excluding carboxylic acids is 2. The van der Waals surface area contributed by atoms with Crippen molar-refractivity contribution in [2.75, 3.05) is 26.2 Å². The van der Waals surface area contributed by atoms with Crippen LogP contribution in [0.25, 0.3) is 5.78 Å². The monoisotopic (exact) mass is 340 g/mol. The van der Waals surface area contributed by atoms with Crippen molar-refractivity contribution >= 4 is 17.6 Å². The number of hydrogen-bond acceptors (Lipinski definition) is 6. The number of rotatable bonds is 2. The minimum absolute atomic E-state index is 0.115. The number of fused-ring (bicyclic) bond motifs is 1. The zero-order valence-electron chi connectivity index (χ0n) is 13.4. The van der Waals surface area contributed by atoms with Gasteiger partial charge in [0, 0.05) is 38.6 Å². The van der Waals surface area contributed by atoms with E-state index >= 15 is 0 Å². The summed E-state index contributed by atoms with van der Waals surface area (Å²) in [5, 5.41) is 4.17. The summed E-state index contributed by atoms with van der Waals surface area (Å²) in [6.07, 6.45) is 5.45. The third kappa shape index (κ3) is 2.95. The molecule has 0 aromatic carbocycles. The van der Waals surface area contributed by atoms with E-state index in [1.165, 1.54) is 10.8 Å². The van der Waals surface area contributed by atoms with Gasteiger partial charge in [0.25, 0.3) is 17.6 Å². The molecule has 0 N–H and O–H groups in total. The Morgan fingerprint density at radius 1 is 1.04 bits per heavy atom. The van der Waals surface area contributed by atoms with Gasteiger partial charge in [-0.1, -0.05) is 0 Å². The molecule has 0 bridgehead atoms. The molecule has 1 fully saturated rings. The first-order valence-corrected chi connectivity index (χ1v) is 8.02. The summed E-state index contributed by atoms with van der Waals surface area (Å²) in [5.41, 5.74) is 0. The second kappa shape index (κ2) is 6.34. The van der Waals surface area contributed by atoms with Crippen LogP contribution in [0.15, 0.2) is 41.3 Å². The summed E-state index contributed by atoms with van der Waals surface area (Å²) in [6, 6.07) is 5.05. The van der Waals surface area contributed by atoms with Crippen molar-refractivity contribution in [2.24, 2.45) is 0 Å². The van der Waals surface area contributed by atoms with Gasteiger partial charge in [-0.2, -0.15) is 4.98 Å². The van der Waals surface area contributed by atoms with Crippen LogP contribution in [-0.4, -0.2) is 67.4 Å². The molecule has 2 amide bonds. The zero-order valence-corrected chi connectivity index (χ0v) is 13.4. The molecule has 1 saturated heterocycles. The van der Waals surface area contributed by atoms with E-state index in [1.807, 2.05) is 0 Å². The largest absolute Gasteiger partial charge is 0.459 e. The van der Waals surface area contributed by atoms with Gasteiger partial charge in [-0.15, -0.1) is 5.10 Å². The lowest BCUT2D eigenvalue weighted by atomic mass is 10.3. The van der Waals surface area contributed by atoms with Crippen LogP contribution in [0.2, 0.25) is 0 Å². The summed E-state index contributed by atoms with van der Waals surface area (Å²) in [4.78, 5) is 36.6. The van der Waals surface area contributed by atoms with E-state index in [1.54, 1.807) is 40.4 Å². The Labute approximate surface area is 142 Å². The van der Waals surface area contributed by atoms with E-state index in [4.69, 9.17) is 4.42 Å². The second-order valence-corrected chi connectivity index (χ2v) is 5.71. The Morgan fingerprint density at radius 3 is 2.56 bits per heavy atom. The Kier molecular flexibility index (Phi) is 3.88. The van der Waals surface area contributed by atoms with E-state index < -0.39 is 0 Å². The summed E-state index contributed by atoms with van der Waals surface area (Å²) in [7, 11) is 0. The highest BCUT2D eigenvalue weighted by Gasteiger charge is 2.26. The molecular formula is C16H16N6O3. The third-order valence-corrected chi connectivity index (χ3v) is 4.11. The van der Waals surface area contributed by atoms with E-state index in [9.17, 15) is 9.59 Å². The van der Waals surface area contributed by atoms with Crippen molar-refractivity contribution in [3.05, 3.63) is 48.4 Å². The van der Waals surface area contributed by atoms with Crippen molar-refractivity contribution in [1.29, 1.82) is 0 Å². The van der Waals surface area contributed by atoms with Gasteiger partial charge in [-0.05, 0) is 24.6 Å². The number of amides is 2. The van der Waals surface area contributed by atoms with Crippen LogP contribution in [0.5, 0.6) is 0 Å². The molecule has 1 aliphatic rings. The maximum Gasteiger partial charge on any atom is 0.293 e. The molecule has 0 aliphatic carbocycles. The SMILES string of the molecule is O=C(c1nc2ncccn2n1)N1CCCN(C(=O)c2ccco2)CC1. The summed E-state index contributed by atoms with van der Waals surface area (Å²) in [6.45, 7) is 1.98. The number of nitrogens with zero attached hydrogens (tertiary/aromatic N) is 6. The van der Waals surface area contributed by atoms with Crippen LogP contribution in [0.1, 0.15) is 27.6 Å². The van der Waals surface area contributed by atoms with Gasteiger partial charge in [0.2, 0.25) is 5.82 Å². The molecule has 3 aromatic rings. The molecule has 0 unspecified atom stereocenters. The molecule has 0 spiro atoms. The number of carbonyl (C=O) groups is 2. The number of aromatic nitrogens is 4. The summed E-state index contributed by atoms with van der Waals surface area (Å²) in [5.74, 6) is 0.403. The van der Waals surface area contributed by atoms with Crippen LogP contribution < -0.4 is 0 Å². The minimum atomic E-state index is -0.252. The molecule has 0 atom stereocenters. The predicted octanol–water partition coefficient (Wildman–Crippen LogP) is 0.706. The van der Waals surface area contributed by atoms with Gasteiger partial charge in [0.05, 0.1) is 6.26 Å². The third-order valence-electron chi connectivity index (χ3n) is 4.11. The molecule has 1 aliphatic heterocycles. The van der Waals surface area contributed by atoms with E-state index in [-0.39, 0.29) is 17.6 Å². The Hall–Kier alpha value is -3.23. The lowest BCUT2D eigenvalue weighted by Crippen LogP contribution is -2.37. The van der Waals surface area contributed by atoms with Gasteiger partial charge in [0.1, 0.15) is 0 Å². The lowest BCUT2D eigenvalue weighted by Gasteiger charge is -2.20. The Balaban J connectivity index is 1.46. The van der Waals surface area contributed by atoms with E-state index in [2.05, 4.69) is 15.1 Å². The molecule has 128 valence electrons. The highest BCUT2D eigenvalue weighted by atomic mass is 16.3. The van der Waals surface area contributed by atoms with Crippen LogP contribution in [0.3, 0.4) is 0 Å². The lowest BCUT2D eigenvalue weighted by molar-refractivity contribution is 0.0696. The van der Waals surface area contributed by atoms with Crippen LogP contribution in [0.4, 0.5) is 0 Å².